The van der Waals surface area contributed by atoms with Crippen molar-refractivity contribution in [1.82, 2.24) is 0 Å². The first-order valence-corrected chi connectivity index (χ1v) is 6.10. The van der Waals surface area contributed by atoms with Crippen molar-refractivity contribution in [2.75, 3.05) is 31.2 Å². The summed E-state index contributed by atoms with van der Waals surface area (Å²) in [5.41, 5.74) is 1.65. The van der Waals surface area contributed by atoms with Crippen LogP contribution in [0.3, 0.4) is 0 Å². The third kappa shape index (κ3) is 2.49. The molecule has 0 atom stereocenters. The Morgan fingerprint density at radius 3 is 2.67 bits per heavy atom. The predicted molar refractivity (Wildman–Crippen MR) is 62.1 cm³/mol. The molecule has 2 rings (SSSR count). The molecular formula is C11H13BrFNO. The molecule has 0 saturated carbocycles. The number of rotatable bonds is 2. The molecule has 1 aromatic carbocycles. The lowest BCUT2D eigenvalue weighted by molar-refractivity contribution is 0.122. The summed E-state index contributed by atoms with van der Waals surface area (Å²) in [6, 6.07) is 5.37. The van der Waals surface area contributed by atoms with Crippen LogP contribution in [0.1, 0.15) is 5.56 Å². The second kappa shape index (κ2) is 4.94. The highest BCUT2D eigenvalue weighted by Crippen LogP contribution is 2.22. The molecule has 1 aliphatic rings. The van der Waals surface area contributed by atoms with Crippen LogP contribution in [0.15, 0.2) is 18.2 Å². The first-order valence-electron chi connectivity index (χ1n) is 4.98. The molecule has 2 nitrogen and oxygen atoms in total. The van der Waals surface area contributed by atoms with Gasteiger partial charge in [-0.3, -0.25) is 0 Å². The fourth-order valence-electron chi connectivity index (χ4n) is 1.69. The van der Waals surface area contributed by atoms with Gasteiger partial charge >= 0.3 is 0 Å². The number of hydrogen-bond acceptors (Lipinski definition) is 2. The maximum atomic E-state index is 13.7. The Balaban J connectivity index is 2.19. The van der Waals surface area contributed by atoms with Gasteiger partial charge in [-0.15, -0.1) is 0 Å². The summed E-state index contributed by atoms with van der Waals surface area (Å²) in [7, 11) is 0. The molecule has 0 aliphatic carbocycles. The Labute approximate surface area is 97.2 Å². The molecule has 0 aromatic heterocycles. The second-order valence-electron chi connectivity index (χ2n) is 3.52. The van der Waals surface area contributed by atoms with E-state index < -0.39 is 0 Å². The first-order chi connectivity index (χ1) is 7.31. The van der Waals surface area contributed by atoms with E-state index in [9.17, 15) is 4.39 Å². The number of nitrogens with zero attached hydrogens (tertiary/aromatic N) is 1. The lowest BCUT2D eigenvalue weighted by Gasteiger charge is -2.29. The van der Waals surface area contributed by atoms with Gasteiger partial charge in [-0.25, -0.2) is 4.39 Å². The predicted octanol–water partition coefficient (Wildman–Crippen LogP) is 2.56. The molecule has 82 valence electrons. The minimum atomic E-state index is -0.145. The number of anilines is 1. The van der Waals surface area contributed by atoms with Crippen molar-refractivity contribution < 1.29 is 9.13 Å². The maximum absolute atomic E-state index is 13.7. The summed E-state index contributed by atoms with van der Waals surface area (Å²) in [5.74, 6) is -0.145. The molecule has 0 N–H and O–H groups in total. The minimum Gasteiger partial charge on any atom is -0.378 e. The van der Waals surface area contributed by atoms with Crippen molar-refractivity contribution in [2.45, 2.75) is 5.33 Å². The number of alkyl halides is 1. The molecule has 0 unspecified atom stereocenters. The second-order valence-corrected chi connectivity index (χ2v) is 4.08. The van der Waals surface area contributed by atoms with Gasteiger partial charge in [-0.2, -0.15) is 0 Å². The number of halogens is 2. The SMILES string of the molecule is Fc1cc(CBr)ccc1N1CCOCC1. The topological polar surface area (TPSA) is 12.5 Å². The molecule has 0 radical (unpaired) electrons. The van der Waals surface area contributed by atoms with E-state index in [0.717, 1.165) is 18.7 Å². The van der Waals surface area contributed by atoms with Crippen LogP contribution in [0.5, 0.6) is 0 Å². The summed E-state index contributed by atoms with van der Waals surface area (Å²) < 4.78 is 19.0. The van der Waals surface area contributed by atoms with Crippen LogP contribution in [0.4, 0.5) is 10.1 Å². The van der Waals surface area contributed by atoms with Crippen LogP contribution < -0.4 is 4.90 Å². The zero-order valence-electron chi connectivity index (χ0n) is 8.38. The Bertz CT molecular complexity index is 339. The lowest BCUT2D eigenvalue weighted by Crippen LogP contribution is -2.36. The monoisotopic (exact) mass is 273 g/mol. The van der Waals surface area contributed by atoms with Crippen LogP contribution in [-0.4, -0.2) is 26.3 Å². The van der Waals surface area contributed by atoms with Crippen LogP contribution >= 0.6 is 15.9 Å². The molecule has 1 fully saturated rings. The van der Waals surface area contributed by atoms with Crippen molar-refractivity contribution in [3.63, 3.8) is 0 Å². The highest BCUT2D eigenvalue weighted by atomic mass is 79.9. The number of morpholine rings is 1. The largest absolute Gasteiger partial charge is 0.378 e. The number of ether oxygens (including phenoxy) is 1. The zero-order chi connectivity index (χ0) is 10.7. The first kappa shape index (κ1) is 10.9. The van der Waals surface area contributed by atoms with E-state index in [1.54, 1.807) is 6.07 Å². The molecule has 1 aromatic rings. The van der Waals surface area contributed by atoms with Gasteiger partial charge in [-0.1, -0.05) is 22.0 Å². The molecule has 0 spiro atoms. The van der Waals surface area contributed by atoms with Crippen molar-refractivity contribution >= 4 is 21.6 Å². The average Bonchev–Trinajstić information content (AvgIpc) is 2.30. The summed E-state index contributed by atoms with van der Waals surface area (Å²) in [6.45, 7) is 2.90. The van der Waals surface area contributed by atoms with Gasteiger partial charge in [0, 0.05) is 18.4 Å². The fraction of sp³-hybridized carbons (Fsp3) is 0.455. The highest BCUT2D eigenvalue weighted by molar-refractivity contribution is 9.08. The van der Waals surface area contributed by atoms with Crippen molar-refractivity contribution in [1.29, 1.82) is 0 Å². The summed E-state index contributed by atoms with van der Waals surface area (Å²) in [6.07, 6.45) is 0. The summed E-state index contributed by atoms with van der Waals surface area (Å²) in [4.78, 5) is 2.02. The summed E-state index contributed by atoms with van der Waals surface area (Å²) >= 11 is 3.31. The van der Waals surface area contributed by atoms with E-state index >= 15 is 0 Å². The van der Waals surface area contributed by atoms with E-state index in [4.69, 9.17) is 4.74 Å². The normalized spacial score (nSPS) is 16.8. The highest BCUT2D eigenvalue weighted by Gasteiger charge is 2.14. The molecule has 1 heterocycles. The van der Waals surface area contributed by atoms with Gasteiger partial charge in [0.15, 0.2) is 0 Å². The van der Waals surface area contributed by atoms with Gasteiger partial charge in [-0.05, 0) is 17.7 Å². The molecule has 4 heteroatoms. The molecule has 0 bridgehead atoms. The van der Waals surface area contributed by atoms with Crippen molar-refractivity contribution in [2.24, 2.45) is 0 Å². The zero-order valence-corrected chi connectivity index (χ0v) is 9.96. The van der Waals surface area contributed by atoms with E-state index in [-0.39, 0.29) is 5.82 Å². The molecular weight excluding hydrogens is 261 g/mol. The van der Waals surface area contributed by atoms with Crippen LogP contribution in [0.2, 0.25) is 0 Å². The minimum absolute atomic E-state index is 0.145. The van der Waals surface area contributed by atoms with Gasteiger partial charge in [0.25, 0.3) is 0 Å². The van der Waals surface area contributed by atoms with E-state index in [1.165, 1.54) is 0 Å². The summed E-state index contributed by atoms with van der Waals surface area (Å²) in [5, 5.41) is 0.688. The Kier molecular flexibility index (Phi) is 3.59. The third-order valence-electron chi connectivity index (χ3n) is 2.52. The number of hydrogen-bond donors (Lipinski definition) is 0. The van der Waals surface area contributed by atoms with Gasteiger partial charge in [0.2, 0.25) is 0 Å². The van der Waals surface area contributed by atoms with Gasteiger partial charge in [0.1, 0.15) is 5.82 Å². The van der Waals surface area contributed by atoms with Gasteiger partial charge < -0.3 is 9.64 Å². The van der Waals surface area contributed by atoms with Crippen LogP contribution in [0, 0.1) is 5.82 Å². The Morgan fingerprint density at radius 2 is 2.07 bits per heavy atom. The van der Waals surface area contributed by atoms with E-state index in [2.05, 4.69) is 15.9 Å². The Morgan fingerprint density at radius 1 is 1.33 bits per heavy atom. The molecule has 15 heavy (non-hydrogen) atoms. The molecule has 1 saturated heterocycles. The average molecular weight is 274 g/mol. The maximum Gasteiger partial charge on any atom is 0.146 e. The third-order valence-corrected chi connectivity index (χ3v) is 3.17. The smallest absolute Gasteiger partial charge is 0.146 e. The lowest BCUT2D eigenvalue weighted by atomic mass is 10.2. The standard InChI is InChI=1S/C11H13BrFNO/c12-8-9-1-2-11(10(13)7-9)14-3-5-15-6-4-14/h1-2,7H,3-6,8H2. The number of benzene rings is 1. The fourth-order valence-corrected chi connectivity index (χ4v) is 2.04. The molecule has 0 amide bonds. The Hall–Kier alpha value is -0.610. The van der Waals surface area contributed by atoms with Crippen LogP contribution in [0.25, 0.3) is 0 Å². The van der Waals surface area contributed by atoms with Crippen molar-refractivity contribution in [3.8, 4) is 0 Å². The van der Waals surface area contributed by atoms with Crippen molar-refractivity contribution in [3.05, 3.63) is 29.6 Å². The van der Waals surface area contributed by atoms with Gasteiger partial charge in [0.05, 0.1) is 18.9 Å². The molecule has 1 aliphatic heterocycles. The van der Waals surface area contributed by atoms with E-state index in [1.807, 2.05) is 17.0 Å². The van der Waals surface area contributed by atoms with Crippen LogP contribution in [-0.2, 0) is 10.1 Å². The van der Waals surface area contributed by atoms with E-state index in [0.29, 0.717) is 24.2 Å². The quantitative estimate of drug-likeness (QED) is 0.768.